The van der Waals surface area contributed by atoms with E-state index in [1.54, 1.807) is 27.0 Å². The van der Waals surface area contributed by atoms with E-state index < -0.39 is 47.5 Å². The minimum atomic E-state index is -1.15. The van der Waals surface area contributed by atoms with Crippen LogP contribution in [0.25, 0.3) is 21.3 Å². The van der Waals surface area contributed by atoms with E-state index in [1.807, 2.05) is 71.1 Å². The van der Waals surface area contributed by atoms with Gasteiger partial charge in [-0.3, -0.25) is 29.2 Å². The van der Waals surface area contributed by atoms with Crippen molar-refractivity contribution in [3.63, 3.8) is 0 Å². The van der Waals surface area contributed by atoms with Crippen molar-refractivity contribution in [1.29, 1.82) is 0 Å². The Morgan fingerprint density at radius 1 is 0.887 bits per heavy atom. The third-order valence-electron chi connectivity index (χ3n) is 14.6. The number of ether oxygens (including phenoxy) is 2. The predicted molar refractivity (Wildman–Crippen MR) is 268 cm³/mol. The summed E-state index contributed by atoms with van der Waals surface area (Å²) >= 11 is 1.42. The highest BCUT2D eigenvalue weighted by Crippen LogP contribution is 2.72. The Kier molecular flexibility index (Phi) is 13.4. The van der Waals surface area contributed by atoms with Gasteiger partial charge < -0.3 is 35.2 Å². The number of esters is 1. The second-order valence-corrected chi connectivity index (χ2v) is 23.2. The molecule has 4 fully saturated rings. The molecule has 0 radical (unpaired) electrons. The molecule has 376 valence electrons. The highest BCUT2D eigenvalue weighted by Gasteiger charge is 2.66. The van der Waals surface area contributed by atoms with Crippen LogP contribution in [0.3, 0.4) is 0 Å². The number of carboxylic acid groups (broad SMARTS) is 2. The van der Waals surface area contributed by atoms with Gasteiger partial charge in [-0.25, -0.2) is 14.8 Å². The molecule has 1 aliphatic heterocycles. The third kappa shape index (κ3) is 10.8. The van der Waals surface area contributed by atoms with E-state index in [2.05, 4.69) is 34.8 Å². The maximum atomic E-state index is 13.7. The smallest absolute Gasteiger partial charge is 0.355 e. The number of aliphatic carboxylic acids is 1. The van der Waals surface area contributed by atoms with Crippen molar-refractivity contribution in [2.75, 3.05) is 36.5 Å². The Labute approximate surface area is 417 Å². The molecule has 2 amide bonds. The van der Waals surface area contributed by atoms with Crippen LogP contribution in [0.15, 0.2) is 60.8 Å². The number of rotatable bonds is 18. The molecule has 4 aliphatic carbocycles. The van der Waals surface area contributed by atoms with Gasteiger partial charge in [-0.15, -0.1) is 0 Å². The highest BCUT2D eigenvalue weighted by atomic mass is 32.1. The number of benzene rings is 2. The lowest BCUT2D eigenvalue weighted by Crippen LogP contribution is -2.64. The first-order valence-electron chi connectivity index (χ1n) is 24.5. The monoisotopic (exact) mass is 988 g/mol. The summed E-state index contributed by atoms with van der Waals surface area (Å²) in [7, 11) is 0. The maximum absolute atomic E-state index is 13.7. The number of carbonyl (C=O) groups excluding carboxylic acids is 3. The number of carbonyl (C=O) groups is 5. The standard InChI is InChI=1S/C53H64N8O9S/c1-32-36(34-14-15-41(58-44(34)47(67)68)60-20-17-33-10-9-11-35(37(33)24-60)45(65)59-48-57-38-12-7-8-13-40(38)71-48)23-56-61(32)31-52-26-50(5)25-51(6,27-52)29-53(28-50,30-52)69-21-19-55-46(66)39(22-42(62)63)54-18-16-43(64)70-49(2,3)4/h7-15,23,39,54H,16-22,24-31H2,1-6H3,(H,55,66)(H,62,63)(H,67,68)(H,57,59,65)/t39-,50?,51?,52?,53?/m0/s1. The summed E-state index contributed by atoms with van der Waals surface area (Å²) in [5.41, 5.74) is 4.06. The van der Waals surface area contributed by atoms with Gasteiger partial charge in [-0.05, 0) is 130 Å². The van der Waals surface area contributed by atoms with Gasteiger partial charge in [-0.1, -0.05) is 49.4 Å². The number of amides is 2. The number of hydrogen-bond donors (Lipinski definition) is 5. The van der Waals surface area contributed by atoms with E-state index in [0.29, 0.717) is 53.7 Å². The Morgan fingerprint density at radius 3 is 2.37 bits per heavy atom. The summed E-state index contributed by atoms with van der Waals surface area (Å²) in [5.74, 6) is -2.94. The highest BCUT2D eigenvalue weighted by molar-refractivity contribution is 7.22. The van der Waals surface area contributed by atoms with Gasteiger partial charge in [0.05, 0.1) is 47.5 Å². The van der Waals surface area contributed by atoms with Crippen LogP contribution in [0.1, 0.15) is 124 Å². The van der Waals surface area contributed by atoms with Crippen LogP contribution in [0, 0.1) is 23.2 Å². The van der Waals surface area contributed by atoms with Crippen LogP contribution in [0.4, 0.5) is 10.9 Å². The Balaban J connectivity index is 0.867. The fraction of sp³-hybridized carbons (Fsp3) is 0.509. The zero-order chi connectivity index (χ0) is 50.5. The van der Waals surface area contributed by atoms with Gasteiger partial charge in [-0.2, -0.15) is 5.10 Å². The normalized spacial score (nSPS) is 23.8. The molecule has 5 N–H and O–H groups in total. The number of nitrogens with zero attached hydrogens (tertiary/aromatic N) is 5. The maximum Gasteiger partial charge on any atom is 0.355 e. The van der Waals surface area contributed by atoms with E-state index >= 15 is 0 Å². The van der Waals surface area contributed by atoms with Gasteiger partial charge in [0.15, 0.2) is 10.8 Å². The number of fused-ring (bicyclic) bond motifs is 2. The molecule has 2 aromatic carbocycles. The van der Waals surface area contributed by atoms with Crippen molar-refractivity contribution in [2.45, 2.75) is 130 Å². The number of carboxylic acids is 2. The summed E-state index contributed by atoms with van der Waals surface area (Å²) in [5, 5.41) is 34.3. The zero-order valence-electron chi connectivity index (χ0n) is 41.4. The molecule has 0 spiro atoms. The number of pyridine rings is 1. The minimum absolute atomic E-state index is 0.00684. The summed E-state index contributed by atoms with van der Waals surface area (Å²) in [4.78, 5) is 75.1. The SMILES string of the molecule is Cc1c(-c2ccc(N3CCc4cccc(C(=O)Nc5nc6ccccc6s5)c4C3)nc2C(=O)O)cnn1CC12CC3(C)CC(C)(C1)CC(OCCNC(=O)[C@H](CC(=O)O)NCCC(=O)OC(C)(C)C)(C3)C2. The van der Waals surface area contributed by atoms with Crippen LogP contribution < -0.4 is 20.9 Å². The Bertz CT molecular complexity index is 2850. The molecule has 71 heavy (non-hydrogen) atoms. The quantitative estimate of drug-likeness (QED) is 0.0417. The number of nitrogens with one attached hydrogen (secondary N) is 3. The van der Waals surface area contributed by atoms with E-state index in [9.17, 15) is 34.2 Å². The number of anilines is 2. The zero-order valence-corrected chi connectivity index (χ0v) is 42.2. The summed E-state index contributed by atoms with van der Waals surface area (Å²) in [6.45, 7) is 14.1. The molecule has 5 aliphatic rings. The first kappa shape index (κ1) is 49.7. The number of aromatic nitrogens is 4. The molecule has 10 rings (SSSR count). The molecular formula is C53H64N8O9S. The fourth-order valence-electron chi connectivity index (χ4n) is 13.2. The van der Waals surface area contributed by atoms with Gasteiger partial charge in [0.2, 0.25) is 5.91 Å². The number of thiazole rings is 1. The summed E-state index contributed by atoms with van der Waals surface area (Å²) < 4.78 is 15.2. The topological polar surface area (TPSA) is 227 Å². The van der Waals surface area contributed by atoms with Crippen molar-refractivity contribution in [3.05, 3.63) is 88.9 Å². The average molecular weight is 989 g/mol. The van der Waals surface area contributed by atoms with Gasteiger partial charge >= 0.3 is 17.9 Å². The van der Waals surface area contributed by atoms with E-state index in [0.717, 1.165) is 65.6 Å². The van der Waals surface area contributed by atoms with E-state index in [4.69, 9.17) is 19.6 Å². The van der Waals surface area contributed by atoms with Gasteiger partial charge in [0, 0.05) is 55.1 Å². The van der Waals surface area contributed by atoms with Crippen molar-refractivity contribution in [3.8, 4) is 11.1 Å². The molecule has 3 atom stereocenters. The van der Waals surface area contributed by atoms with Crippen LogP contribution in [0.5, 0.6) is 0 Å². The minimum Gasteiger partial charge on any atom is -0.481 e. The molecule has 17 nitrogen and oxygen atoms in total. The van der Waals surface area contributed by atoms with Crippen LogP contribution >= 0.6 is 11.3 Å². The molecule has 4 saturated carbocycles. The molecule has 4 heterocycles. The second-order valence-electron chi connectivity index (χ2n) is 22.2. The lowest BCUT2D eigenvalue weighted by atomic mass is 9.39. The Morgan fingerprint density at radius 2 is 1.65 bits per heavy atom. The van der Waals surface area contributed by atoms with Crippen molar-refractivity contribution in [1.82, 2.24) is 30.4 Å². The number of para-hydroxylation sites is 1. The second kappa shape index (κ2) is 19.1. The summed E-state index contributed by atoms with van der Waals surface area (Å²) in [6, 6.07) is 16.1. The number of aromatic carboxylic acids is 1. The van der Waals surface area contributed by atoms with Crippen LogP contribution in [-0.4, -0.2) is 103 Å². The molecule has 18 heteroatoms. The molecule has 2 unspecified atom stereocenters. The molecule has 4 bridgehead atoms. The fourth-order valence-corrected chi connectivity index (χ4v) is 14.0. The lowest BCUT2D eigenvalue weighted by molar-refractivity contribution is -0.247. The van der Waals surface area contributed by atoms with Crippen LogP contribution in [0.2, 0.25) is 0 Å². The van der Waals surface area contributed by atoms with Gasteiger partial charge in [0.25, 0.3) is 5.91 Å². The molecule has 5 aromatic rings. The average Bonchev–Trinajstić information content (AvgIpc) is 3.86. The van der Waals surface area contributed by atoms with E-state index in [1.165, 1.54) is 11.3 Å². The molecule has 3 aromatic heterocycles. The molecular weight excluding hydrogens is 925 g/mol. The lowest BCUT2D eigenvalue weighted by Gasteiger charge is -2.69. The van der Waals surface area contributed by atoms with Gasteiger partial charge in [0.1, 0.15) is 11.4 Å². The first-order valence-corrected chi connectivity index (χ1v) is 25.3. The van der Waals surface area contributed by atoms with E-state index in [-0.39, 0.29) is 54.0 Å². The molecule has 0 saturated heterocycles. The summed E-state index contributed by atoms with van der Waals surface area (Å²) in [6.07, 6.45) is 7.63. The van der Waals surface area contributed by atoms with Crippen LogP contribution in [-0.2, 0) is 43.4 Å². The third-order valence-corrected chi connectivity index (χ3v) is 15.6. The van der Waals surface area contributed by atoms with Crippen molar-refractivity contribution in [2.24, 2.45) is 16.2 Å². The number of hydrogen-bond acceptors (Lipinski definition) is 13. The van der Waals surface area contributed by atoms with Crippen molar-refractivity contribution >= 4 is 62.2 Å². The largest absolute Gasteiger partial charge is 0.481 e. The Hall–Kier alpha value is -6.24. The van der Waals surface area contributed by atoms with Crippen molar-refractivity contribution < 1.29 is 43.7 Å². The first-order chi connectivity index (χ1) is 33.6. The predicted octanol–water partition coefficient (Wildman–Crippen LogP) is 7.79.